The Kier molecular flexibility index (Phi) is 6.14. The number of aryl methyl sites for hydroxylation is 1. The minimum absolute atomic E-state index is 0.339. The summed E-state index contributed by atoms with van der Waals surface area (Å²) in [5.74, 6) is 0. The summed E-state index contributed by atoms with van der Waals surface area (Å²) in [7, 11) is 0. The zero-order chi connectivity index (χ0) is 14.2. The van der Waals surface area contributed by atoms with Gasteiger partial charge in [0.15, 0.2) is 0 Å². The summed E-state index contributed by atoms with van der Waals surface area (Å²) in [5.41, 5.74) is 2.17. The first-order valence-electron chi connectivity index (χ1n) is 6.65. The normalized spacial score (nSPS) is 12.5. The van der Waals surface area contributed by atoms with Gasteiger partial charge in [-0.25, -0.2) is 0 Å². The third-order valence-electron chi connectivity index (χ3n) is 2.92. The number of pyridine rings is 1. The molecule has 0 radical (unpaired) electrons. The van der Waals surface area contributed by atoms with Crippen molar-refractivity contribution < 1.29 is 9.84 Å². The van der Waals surface area contributed by atoms with Crippen molar-refractivity contribution in [1.29, 1.82) is 0 Å². The molecule has 5 heteroatoms. The SMILES string of the molecule is Cc1cccnc1CNCC(O)COCc1cccs1. The predicted molar refractivity (Wildman–Crippen MR) is 80.7 cm³/mol. The van der Waals surface area contributed by atoms with Crippen LogP contribution < -0.4 is 5.32 Å². The molecule has 20 heavy (non-hydrogen) atoms. The zero-order valence-corrected chi connectivity index (χ0v) is 12.4. The molecule has 0 aliphatic carbocycles. The van der Waals surface area contributed by atoms with Crippen molar-refractivity contribution in [2.75, 3.05) is 13.2 Å². The van der Waals surface area contributed by atoms with Gasteiger partial charge in [0.1, 0.15) is 0 Å². The van der Waals surface area contributed by atoms with E-state index in [0.29, 0.717) is 26.3 Å². The van der Waals surface area contributed by atoms with E-state index >= 15 is 0 Å². The van der Waals surface area contributed by atoms with Crippen molar-refractivity contribution in [3.8, 4) is 0 Å². The van der Waals surface area contributed by atoms with Gasteiger partial charge in [0.2, 0.25) is 0 Å². The molecule has 0 aliphatic rings. The summed E-state index contributed by atoms with van der Waals surface area (Å²) in [5, 5.41) is 15.0. The van der Waals surface area contributed by atoms with Crippen molar-refractivity contribution in [3.05, 3.63) is 52.0 Å². The Morgan fingerprint density at radius 3 is 3.05 bits per heavy atom. The predicted octanol–water partition coefficient (Wildman–Crippen LogP) is 2.12. The Balaban J connectivity index is 1.60. The number of aliphatic hydroxyl groups excluding tert-OH is 1. The molecular weight excluding hydrogens is 272 g/mol. The van der Waals surface area contributed by atoms with Gasteiger partial charge in [0, 0.05) is 24.2 Å². The second kappa shape index (κ2) is 8.11. The number of hydrogen-bond donors (Lipinski definition) is 2. The molecule has 0 bridgehead atoms. The summed E-state index contributed by atoms with van der Waals surface area (Å²) in [6, 6.07) is 7.98. The van der Waals surface area contributed by atoms with Crippen LogP contribution in [0.3, 0.4) is 0 Å². The van der Waals surface area contributed by atoms with Crippen molar-refractivity contribution in [3.63, 3.8) is 0 Å². The molecule has 0 aliphatic heterocycles. The van der Waals surface area contributed by atoms with Crippen LogP contribution in [0.25, 0.3) is 0 Å². The van der Waals surface area contributed by atoms with Crippen LogP contribution >= 0.6 is 11.3 Å². The fourth-order valence-electron chi connectivity index (χ4n) is 1.81. The Labute approximate surface area is 123 Å². The number of nitrogens with one attached hydrogen (secondary N) is 1. The van der Waals surface area contributed by atoms with E-state index in [1.165, 1.54) is 4.88 Å². The van der Waals surface area contributed by atoms with Gasteiger partial charge in [0.05, 0.1) is 25.0 Å². The van der Waals surface area contributed by atoms with Crippen LogP contribution in [-0.2, 0) is 17.9 Å². The molecule has 0 saturated heterocycles. The highest BCUT2D eigenvalue weighted by atomic mass is 32.1. The smallest absolute Gasteiger partial charge is 0.0897 e. The van der Waals surface area contributed by atoms with Gasteiger partial charge >= 0.3 is 0 Å². The molecule has 4 nitrogen and oxygen atoms in total. The summed E-state index contributed by atoms with van der Waals surface area (Å²) in [4.78, 5) is 5.47. The van der Waals surface area contributed by atoms with Crippen molar-refractivity contribution in [1.82, 2.24) is 10.3 Å². The molecule has 0 spiro atoms. The lowest BCUT2D eigenvalue weighted by molar-refractivity contribution is 0.0297. The summed E-state index contributed by atoms with van der Waals surface area (Å²) in [6.07, 6.45) is 1.28. The highest BCUT2D eigenvalue weighted by Crippen LogP contribution is 2.09. The topological polar surface area (TPSA) is 54.4 Å². The standard InChI is InChI=1S/C15H20N2O2S/c1-12-4-2-6-17-15(12)9-16-8-13(18)10-19-11-14-5-3-7-20-14/h2-7,13,16,18H,8-11H2,1H3. The number of nitrogens with zero attached hydrogens (tertiary/aromatic N) is 1. The molecule has 2 aromatic rings. The van der Waals surface area contributed by atoms with E-state index in [0.717, 1.165) is 11.3 Å². The van der Waals surface area contributed by atoms with Gasteiger partial charge in [-0.1, -0.05) is 12.1 Å². The monoisotopic (exact) mass is 292 g/mol. The summed E-state index contributed by atoms with van der Waals surface area (Å²) in [6.45, 7) is 4.10. The Morgan fingerprint density at radius 1 is 1.40 bits per heavy atom. The molecule has 0 aromatic carbocycles. The molecule has 2 rings (SSSR count). The lowest BCUT2D eigenvalue weighted by atomic mass is 10.2. The number of ether oxygens (including phenoxy) is 1. The van der Waals surface area contributed by atoms with Crippen molar-refractivity contribution >= 4 is 11.3 Å². The second-order valence-electron chi connectivity index (χ2n) is 4.65. The first-order chi connectivity index (χ1) is 9.75. The van der Waals surface area contributed by atoms with Crippen LogP contribution in [0.1, 0.15) is 16.1 Å². The zero-order valence-electron chi connectivity index (χ0n) is 11.6. The molecular formula is C15H20N2O2S. The van der Waals surface area contributed by atoms with E-state index in [1.54, 1.807) is 17.5 Å². The van der Waals surface area contributed by atoms with E-state index in [9.17, 15) is 5.11 Å². The number of hydrogen-bond acceptors (Lipinski definition) is 5. The largest absolute Gasteiger partial charge is 0.389 e. The molecule has 1 unspecified atom stereocenters. The minimum Gasteiger partial charge on any atom is -0.389 e. The first-order valence-corrected chi connectivity index (χ1v) is 7.53. The fourth-order valence-corrected chi connectivity index (χ4v) is 2.45. The molecule has 1 atom stereocenters. The van der Waals surface area contributed by atoms with Gasteiger partial charge in [-0.3, -0.25) is 4.98 Å². The lowest BCUT2D eigenvalue weighted by Crippen LogP contribution is -2.30. The Hall–Kier alpha value is -1.27. The van der Waals surface area contributed by atoms with Crippen LogP contribution in [0.5, 0.6) is 0 Å². The van der Waals surface area contributed by atoms with Crippen LogP contribution in [0.4, 0.5) is 0 Å². The summed E-state index contributed by atoms with van der Waals surface area (Å²) >= 11 is 1.66. The molecule has 108 valence electrons. The molecule has 0 fully saturated rings. The number of aliphatic hydroxyl groups is 1. The Bertz CT molecular complexity index is 502. The highest BCUT2D eigenvalue weighted by Gasteiger charge is 2.05. The maximum absolute atomic E-state index is 9.82. The quantitative estimate of drug-likeness (QED) is 0.782. The van der Waals surface area contributed by atoms with Gasteiger partial charge < -0.3 is 15.2 Å². The van der Waals surface area contributed by atoms with E-state index < -0.39 is 6.10 Å². The van der Waals surface area contributed by atoms with Crippen LogP contribution in [0.2, 0.25) is 0 Å². The van der Waals surface area contributed by atoms with Crippen LogP contribution in [0.15, 0.2) is 35.8 Å². The molecule has 0 amide bonds. The Morgan fingerprint density at radius 2 is 2.30 bits per heavy atom. The molecule has 2 heterocycles. The van der Waals surface area contributed by atoms with Crippen LogP contribution in [-0.4, -0.2) is 29.3 Å². The average molecular weight is 292 g/mol. The van der Waals surface area contributed by atoms with E-state index in [1.807, 2.05) is 36.6 Å². The fraction of sp³-hybridized carbons (Fsp3) is 0.400. The minimum atomic E-state index is -0.501. The maximum Gasteiger partial charge on any atom is 0.0897 e. The molecule has 2 N–H and O–H groups in total. The van der Waals surface area contributed by atoms with Gasteiger partial charge in [-0.15, -0.1) is 11.3 Å². The summed E-state index contributed by atoms with van der Waals surface area (Å²) < 4.78 is 5.47. The number of thiophene rings is 1. The second-order valence-corrected chi connectivity index (χ2v) is 5.68. The third kappa shape index (κ3) is 5.02. The van der Waals surface area contributed by atoms with Crippen molar-refractivity contribution in [2.45, 2.75) is 26.2 Å². The maximum atomic E-state index is 9.82. The molecule has 2 aromatic heterocycles. The lowest BCUT2D eigenvalue weighted by Gasteiger charge is -2.12. The van der Waals surface area contributed by atoms with Gasteiger partial charge in [-0.05, 0) is 30.0 Å². The van der Waals surface area contributed by atoms with Gasteiger partial charge in [-0.2, -0.15) is 0 Å². The average Bonchev–Trinajstić information content (AvgIpc) is 2.94. The van der Waals surface area contributed by atoms with Gasteiger partial charge in [0.25, 0.3) is 0 Å². The van der Waals surface area contributed by atoms with E-state index in [-0.39, 0.29) is 0 Å². The third-order valence-corrected chi connectivity index (χ3v) is 3.77. The van der Waals surface area contributed by atoms with E-state index in [4.69, 9.17) is 4.74 Å². The van der Waals surface area contributed by atoms with Crippen molar-refractivity contribution in [2.24, 2.45) is 0 Å². The highest BCUT2D eigenvalue weighted by molar-refractivity contribution is 7.09. The van der Waals surface area contributed by atoms with Crippen LogP contribution in [0, 0.1) is 6.92 Å². The number of aromatic nitrogens is 1. The van der Waals surface area contributed by atoms with E-state index in [2.05, 4.69) is 10.3 Å². The number of rotatable bonds is 8. The molecule has 0 saturated carbocycles. The first kappa shape index (κ1) is 15.1.